The van der Waals surface area contributed by atoms with E-state index in [9.17, 15) is 0 Å². The summed E-state index contributed by atoms with van der Waals surface area (Å²) in [6, 6.07) is 9.02. The Morgan fingerprint density at radius 1 is 1.06 bits per heavy atom. The molecule has 0 amide bonds. The van der Waals surface area contributed by atoms with Crippen LogP contribution in [-0.2, 0) is 0 Å². The molecule has 17 heavy (non-hydrogen) atoms. The van der Waals surface area contributed by atoms with Crippen molar-refractivity contribution in [2.75, 3.05) is 11.1 Å². The minimum atomic E-state index is 0.625. The maximum absolute atomic E-state index is 3.61. The first kappa shape index (κ1) is 15.1. The lowest BCUT2D eigenvalue weighted by Gasteiger charge is -2.17. The lowest BCUT2D eigenvalue weighted by atomic mass is 10.0. The quantitative estimate of drug-likeness (QED) is 0.488. The summed E-state index contributed by atoms with van der Waals surface area (Å²) in [5.41, 5.74) is 1.43. The number of hydrogen-bond donors (Lipinski definition) is 0. The third kappa shape index (κ3) is 5.05. The third-order valence-electron chi connectivity index (χ3n) is 3.15. The second kappa shape index (κ2) is 7.48. The molecule has 0 aliphatic rings. The maximum Gasteiger partial charge on any atom is 0.00722 e. The minimum Gasteiger partial charge on any atom is -0.126 e. The Kier molecular flexibility index (Phi) is 6.65. The van der Waals surface area contributed by atoms with Gasteiger partial charge in [0, 0.05) is 16.0 Å². The van der Waals surface area contributed by atoms with E-state index in [4.69, 9.17) is 0 Å². The lowest BCUT2D eigenvalue weighted by molar-refractivity contribution is 0.474. The first-order valence-corrected chi connectivity index (χ1v) is 8.44. The SMILES string of the molecule is CC(C)c1ccc(SCC(CBr)C(C)C)cc1. The predicted molar refractivity (Wildman–Crippen MR) is 83.4 cm³/mol. The average Bonchev–Trinajstić information content (AvgIpc) is 2.30. The zero-order chi connectivity index (χ0) is 12.8. The van der Waals surface area contributed by atoms with Gasteiger partial charge in [0.25, 0.3) is 0 Å². The first-order valence-electron chi connectivity index (χ1n) is 6.33. The summed E-state index contributed by atoms with van der Waals surface area (Å²) in [6.07, 6.45) is 0. The van der Waals surface area contributed by atoms with E-state index >= 15 is 0 Å². The van der Waals surface area contributed by atoms with Crippen LogP contribution in [0.5, 0.6) is 0 Å². The number of thioether (sulfide) groups is 1. The molecule has 1 aromatic carbocycles. The summed E-state index contributed by atoms with van der Waals surface area (Å²) in [6.45, 7) is 9.08. The molecule has 1 aromatic rings. The smallest absolute Gasteiger partial charge is 0.00722 e. The molecule has 1 unspecified atom stereocenters. The first-order chi connectivity index (χ1) is 8.04. The van der Waals surface area contributed by atoms with Gasteiger partial charge in [-0.1, -0.05) is 55.8 Å². The van der Waals surface area contributed by atoms with Gasteiger partial charge in [0.15, 0.2) is 0 Å². The van der Waals surface area contributed by atoms with Crippen molar-refractivity contribution in [1.82, 2.24) is 0 Å². The van der Waals surface area contributed by atoms with Crippen LogP contribution in [0.2, 0.25) is 0 Å². The van der Waals surface area contributed by atoms with Crippen molar-refractivity contribution < 1.29 is 0 Å². The molecule has 2 heteroatoms. The van der Waals surface area contributed by atoms with Crippen molar-refractivity contribution in [3.05, 3.63) is 29.8 Å². The van der Waals surface area contributed by atoms with Gasteiger partial charge in [-0.2, -0.15) is 0 Å². The Labute approximate surface area is 119 Å². The maximum atomic E-state index is 3.61. The van der Waals surface area contributed by atoms with E-state index in [1.165, 1.54) is 16.2 Å². The van der Waals surface area contributed by atoms with Gasteiger partial charge in [0.2, 0.25) is 0 Å². The molecule has 0 aliphatic carbocycles. The number of halogens is 1. The zero-order valence-electron chi connectivity index (χ0n) is 11.2. The second-order valence-electron chi connectivity index (χ2n) is 5.19. The van der Waals surface area contributed by atoms with Gasteiger partial charge in [-0.25, -0.2) is 0 Å². The Morgan fingerprint density at radius 3 is 2.06 bits per heavy atom. The van der Waals surface area contributed by atoms with Crippen molar-refractivity contribution in [3.8, 4) is 0 Å². The van der Waals surface area contributed by atoms with Crippen LogP contribution < -0.4 is 0 Å². The fourth-order valence-electron chi connectivity index (χ4n) is 1.57. The summed E-state index contributed by atoms with van der Waals surface area (Å²) in [7, 11) is 0. The molecule has 0 spiro atoms. The third-order valence-corrected chi connectivity index (χ3v) is 5.18. The van der Waals surface area contributed by atoms with Gasteiger partial charge in [0.05, 0.1) is 0 Å². The van der Waals surface area contributed by atoms with Gasteiger partial charge >= 0.3 is 0 Å². The highest BCUT2D eigenvalue weighted by molar-refractivity contribution is 9.09. The molecule has 1 rings (SSSR count). The Hall–Kier alpha value is 0.0500. The topological polar surface area (TPSA) is 0 Å². The van der Waals surface area contributed by atoms with Crippen LogP contribution in [0.25, 0.3) is 0 Å². The summed E-state index contributed by atoms with van der Waals surface area (Å²) >= 11 is 5.58. The van der Waals surface area contributed by atoms with Gasteiger partial charge < -0.3 is 0 Å². The highest BCUT2D eigenvalue weighted by Gasteiger charge is 2.12. The van der Waals surface area contributed by atoms with E-state index in [1.807, 2.05) is 11.8 Å². The molecular formula is C15H23BrS. The summed E-state index contributed by atoms with van der Waals surface area (Å²) in [4.78, 5) is 1.39. The van der Waals surface area contributed by atoms with Gasteiger partial charge in [-0.15, -0.1) is 11.8 Å². The van der Waals surface area contributed by atoms with Crippen molar-refractivity contribution in [2.45, 2.75) is 38.5 Å². The molecule has 0 N–H and O–H groups in total. The van der Waals surface area contributed by atoms with Crippen LogP contribution in [0.1, 0.15) is 39.2 Å². The minimum absolute atomic E-state index is 0.625. The molecule has 0 aromatic heterocycles. The number of alkyl halides is 1. The Morgan fingerprint density at radius 2 is 1.65 bits per heavy atom. The van der Waals surface area contributed by atoms with Crippen molar-refractivity contribution in [3.63, 3.8) is 0 Å². The van der Waals surface area contributed by atoms with E-state index < -0.39 is 0 Å². The van der Waals surface area contributed by atoms with Crippen molar-refractivity contribution >= 4 is 27.7 Å². The standard InChI is InChI=1S/C15H23BrS/c1-11(2)13-5-7-15(8-6-13)17-10-14(9-16)12(3)4/h5-8,11-12,14H,9-10H2,1-4H3. The summed E-state index contributed by atoms with van der Waals surface area (Å²) in [5, 5.41) is 1.10. The second-order valence-corrected chi connectivity index (χ2v) is 6.93. The molecule has 96 valence electrons. The highest BCUT2D eigenvalue weighted by atomic mass is 79.9. The fourth-order valence-corrected chi connectivity index (χ4v) is 4.08. The van der Waals surface area contributed by atoms with Gasteiger partial charge in [0.1, 0.15) is 0 Å². The van der Waals surface area contributed by atoms with Crippen LogP contribution in [-0.4, -0.2) is 11.1 Å². The number of rotatable bonds is 6. The number of hydrogen-bond acceptors (Lipinski definition) is 1. The van der Waals surface area contributed by atoms with E-state index in [2.05, 4.69) is 67.9 Å². The van der Waals surface area contributed by atoms with Crippen LogP contribution in [0, 0.1) is 11.8 Å². The predicted octanol–water partition coefficient (Wildman–Crippen LogP) is 5.57. The van der Waals surface area contributed by atoms with Gasteiger partial charge in [-0.05, 0) is 35.4 Å². The normalized spacial score (nSPS) is 13.4. The lowest BCUT2D eigenvalue weighted by Crippen LogP contribution is -2.12. The number of benzene rings is 1. The van der Waals surface area contributed by atoms with Gasteiger partial charge in [-0.3, -0.25) is 0 Å². The van der Waals surface area contributed by atoms with E-state index in [0.717, 1.165) is 17.2 Å². The van der Waals surface area contributed by atoms with Crippen molar-refractivity contribution in [1.29, 1.82) is 0 Å². The average molecular weight is 315 g/mol. The molecule has 0 saturated carbocycles. The highest BCUT2D eigenvalue weighted by Crippen LogP contribution is 2.26. The summed E-state index contributed by atoms with van der Waals surface area (Å²) < 4.78 is 0. The molecule has 0 fully saturated rings. The van der Waals surface area contributed by atoms with Crippen LogP contribution in [0.3, 0.4) is 0 Å². The molecule has 0 aliphatic heterocycles. The molecule has 0 heterocycles. The molecule has 1 atom stereocenters. The molecule has 0 radical (unpaired) electrons. The van der Waals surface area contributed by atoms with E-state index in [0.29, 0.717) is 5.92 Å². The van der Waals surface area contributed by atoms with Crippen LogP contribution in [0.4, 0.5) is 0 Å². The largest absolute Gasteiger partial charge is 0.126 e. The van der Waals surface area contributed by atoms with Crippen LogP contribution >= 0.6 is 27.7 Å². The molecule has 0 nitrogen and oxygen atoms in total. The van der Waals surface area contributed by atoms with Crippen LogP contribution in [0.15, 0.2) is 29.2 Å². The van der Waals surface area contributed by atoms with E-state index in [-0.39, 0.29) is 0 Å². The monoisotopic (exact) mass is 314 g/mol. The molecule has 0 bridgehead atoms. The fraction of sp³-hybridized carbons (Fsp3) is 0.600. The Bertz CT molecular complexity index is 316. The van der Waals surface area contributed by atoms with E-state index in [1.54, 1.807) is 0 Å². The molecular weight excluding hydrogens is 292 g/mol. The zero-order valence-corrected chi connectivity index (χ0v) is 13.6. The molecule has 0 saturated heterocycles. The Balaban J connectivity index is 2.52. The summed E-state index contributed by atoms with van der Waals surface area (Å²) in [5.74, 6) is 3.32. The van der Waals surface area contributed by atoms with Crippen molar-refractivity contribution in [2.24, 2.45) is 11.8 Å².